The number of benzene rings is 2. The van der Waals surface area contributed by atoms with Crippen molar-refractivity contribution in [3.05, 3.63) is 72.6 Å². The second-order valence-electron chi connectivity index (χ2n) is 5.44. The molecule has 1 N–H and O–H groups in total. The normalized spacial score (nSPS) is 10.6. The summed E-state index contributed by atoms with van der Waals surface area (Å²) in [4.78, 5) is 15.2. The summed E-state index contributed by atoms with van der Waals surface area (Å²) >= 11 is 1.63. The fourth-order valence-electron chi connectivity index (χ4n) is 2.24. The smallest absolute Gasteiger partial charge is 0.238 e. The minimum Gasteiger partial charge on any atom is -0.324 e. The van der Waals surface area contributed by atoms with E-state index in [2.05, 4.69) is 11.9 Å². The minimum absolute atomic E-state index is 0.0775. The van der Waals surface area contributed by atoms with Crippen LogP contribution in [0.4, 0.5) is 10.1 Å². The zero-order chi connectivity index (χ0) is 17.4. The molecular formula is C19H21FN2OS. The van der Waals surface area contributed by atoms with Crippen molar-refractivity contribution in [2.75, 3.05) is 24.7 Å². The van der Waals surface area contributed by atoms with Gasteiger partial charge in [0.2, 0.25) is 5.91 Å². The summed E-state index contributed by atoms with van der Waals surface area (Å²) in [5, 5.41) is 2.95. The van der Waals surface area contributed by atoms with Crippen LogP contribution in [0.3, 0.4) is 0 Å². The number of carbonyl (C=O) groups excluding carboxylic acids is 1. The molecule has 24 heavy (non-hydrogen) atoms. The van der Waals surface area contributed by atoms with Crippen LogP contribution in [0.15, 0.2) is 66.1 Å². The molecule has 0 aliphatic rings. The van der Waals surface area contributed by atoms with Crippen LogP contribution in [0, 0.1) is 5.82 Å². The van der Waals surface area contributed by atoms with Gasteiger partial charge in [0.15, 0.2) is 0 Å². The zero-order valence-corrected chi connectivity index (χ0v) is 14.5. The van der Waals surface area contributed by atoms with Gasteiger partial charge in [0.05, 0.1) is 12.2 Å². The summed E-state index contributed by atoms with van der Waals surface area (Å²) in [6.07, 6.45) is 1.83. The number of hydrogen-bond acceptors (Lipinski definition) is 3. The Morgan fingerprint density at radius 1 is 1.25 bits per heavy atom. The van der Waals surface area contributed by atoms with Crippen LogP contribution >= 0.6 is 11.8 Å². The van der Waals surface area contributed by atoms with Crippen LogP contribution < -0.4 is 5.32 Å². The van der Waals surface area contributed by atoms with E-state index in [0.29, 0.717) is 6.54 Å². The maximum Gasteiger partial charge on any atom is 0.238 e. The first-order valence-electron chi connectivity index (χ1n) is 7.64. The molecule has 2 aromatic rings. The van der Waals surface area contributed by atoms with Gasteiger partial charge in [0.25, 0.3) is 0 Å². The molecule has 5 heteroatoms. The lowest BCUT2D eigenvalue weighted by Crippen LogP contribution is -2.30. The van der Waals surface area contributed by atoms with Crippen LogP contribution in [-0.2, 0) is 11.3 Å². The van der Waals surface area contributed by atoms with Gasteiger partial charge >= 0.3 is 0 Å². The number of thioether (sulfide) groups is 1. The van der Waals surface area contributed by atoms with E-state index in [1.54, 1.807) is 23.9 Å². The van der Waals surface area contributed by atoms with Crippen molar-refractivity contribution in [1.29, 1.82) is 0 Å². The molecule has 0 heterocycles. The maximum absolute atomic E-state index is 12.9. The molecule has 0 aliphatic carbocycles. The lowest BCUT2D eigenvalue weighted by Gasteiger charge is -2.17. The van der Waals surface area contributed by atoms with Gasteiger partial charge in [0, 0.05) is 17.2 Å². The number of likely N-dealkylation sites (N-methyl/N-ethyl adjacent to an activating group) is 1. The lowest BCUT2D eigenvalue weighted by molar-refractivity contribution is -0.117. The first-order chi connectivity index (χ1) is 11.6. The predicted molar refractivity (Wildman–Crippen MR) is 98.7 cm³/mol. The van der Waals surface area contributed by atoms with E-state index in [0.717, 1.165) is 21.9 Å². The molecular weight excluding hydrogens is 323 g/mol. The third kappa shape index (κ3) is 5.83. The van der Waals surface area contributed by atoms with E-state index in [9.17, 15) is 9.18 Å². The molecule has 0 saturated carbocycles. The average molecular weight is 344 g/mol. The van der Waals surface area contributed by atoms with Gasteiger partial charge in [-0.2, -0.15) is 0 Å². The Labute approximate surface area is 146 Å². The van der Waals surface area contributed by atoms with Gasteiger partial charge in [-0.15, -0.1) is 18.3 Å². The van der Waals surface area contributed by atoms with Gasteiger partial charge in [-0.25, -0.2) is 4.39 Å². The highest BCUT2D eigenvalue weighted by molar-refractivity contribution is 7.99. The van der Waals surface area contributed by atoms with Crippen molar-refractivity contribution in [3.8, 4) is 0 Å². The monoisotopic (exact) mass is 344 g/mol. The number of anilines is 1. The molecule has 0 aliphatic heterocycles. The quantitative estimate of drug-likeness (QED) is 0.576. The fourth-order valence-corrected chi connectivity index (χ4v) is 2.98. The molecule has 0 spiro atoms. The molecule has 0 saturated heterocycles. The van der Waals surface area contributed by atoms with Crippen molar-refractivity contribution in [2.45, 2.75) is 11.4 Å². The molecule has 0 radical (unpaired) electrons. The van der Waals surface area contributed by atoms with Crippen LogP contribution in [0.1, 0.15) is 5.56 Å². The number of carbonyl (C=O) groups is 1. The number of nitrogens with zero attached hydrogens (tertiary/aromatic N) is 1. The highest BCUT2D eigenvalue weighted by atomic mass is 32.2. The summed E-state index contributed by atoms with van der Waals surface area (Å²) in [7, 11) is 1.86. The molecule has 126 valence electrons. The largest absolute Gasteiger partial charge is 0.324 e. The van der Waals surface area contributed by atoms with E-state index < -0.39 is 0 Å². The van der Waals surface area contributed by atoms with Crippen LogP contribution in [0.25, 0.3) is 0 Å². The Morgan fingerprint density at radius 2 is 1.96 bits per heavy atom. The number of halogens is 1. The van der Waals surface area contributed by atoms with Gasteiger partial charge in [-0.1, -0.05) is 30.3 Å². The van der Waals surface area contributed by atoms with Gasteiger partial charge in [-0.05, 0) is 36.9 Å². The third-order valence-electron chi connectivity index (χ3n) is 3.30. The molecule has 3 nitrogen and oxygen atoms in total. The fraction of sp³-hybridized carbons (Fsp3) is 0.211. The molecule has 0 fully saturated rings. The summed E-state index contributed by atoms with van der Waals surface area (Å²) in [6, 6.07) is 14.0. The topological polar surface area (TPSA) is 32.3 Å². The number of hydrogen-bond donors (Lipinski definition) is 1. The predicted octanol–water partition coefficient (Wildman–Crippen LogP) is 4.17. The Hall–Kier alpha value is -2.11. The molecule has 2 rings (SSSR count). The average Bonchev–Trinajstić information content (AvgIpc) is 2.56. The first kappa shape index (κ1) is 18.2. The molecule has 0 bridgehead atoms. The molecule has 1 amide bonds. The number of para-hydroxylation sites is 1. The van der Waals surface area contributed by atoms with Gasteiger partial charge in [0.1, 0.15) is 5.82 Å². The van der Waals surface area contributed by atoms with Crippen molar-refractivity contribution in [3.63, 3.8) is 0 Å². The van der Waals surface area contributed by atoms with Crippen LogP contribution in [0.5, 0.6) is 0 Å². The van der Waals surface area contributed by atoms with Crippen molar-refractivity contribution in [1.82, 2.24) is 4.90 Å². The summed E-state index contributed by atoms with van der Waals surface area (Å²) < 4.78 is 12.9. The standard InChI is InChI=1S/C19H21FN2OS/c1-3-12-24-18-7-5-4-6-17(18)21-19(23)14-22(2)13-15-8-10-16(20)11-9-15/h3-11H,1,12-14H2,2H3,(H,21,23). The zero-order valence-electron chi connectivity index (χ0n) is 13.7. The van der Waals surface area contributed by atoms with E-state index in [-0.39, 0.29) is 18.3 Å². The number of amides is 1. The molecule has 0 unspecified atom stereocenters. The van der Waals surface area contributed by atoms with E-state index in [1.807, 2.05) is 42.3 Å². The Balaban J connectivity index is 1.90. The highest BCUT2D eigenvalue weighted by Gasteiger charge is 2.10. The van der Waals surface area contributed by atoms with Crippen molar-refractivity contribution in [2.24, 2.45) is 0 Å². The van der Waals surface area contributed by atoms with Gasteiger partial charge in [-0.3, -0.25) is 9.69 Å². The Kier molecular flexibility index (Phi) is 7.03. The van der Waals surface area contributed by atoms with E-state index in [4.69, 9.17) is 0 Å². The first-order valence-corrected chi connectivity index (χ1v) is 8.62. The lowest BCUT2D eigenvalue weighted by atomic mass is 10.2. The Morgan fingerprint density at radius 3 is 2.67 bits per heavy atom. The molecule has 0 aromatic heterocycles. The summed E-state index contributed by atoms with van der Waals surface area (Å²) in [5.74, 6) is 0.455. The number of nitrogens with one attached hydrogen (secondary N) is 1. The van der Waals surface area contributed by atoms with Crippen LogP contribution in [0.2, 0.25) is 0 Å². The third-order valence-corrected chi connectivity index (χ3v) is 4.37. The van der Waals surface area contributed by atoms with Crippen LogP contribution in [-0.4, -0.2) is 30.2 Å². The van der Waals surface area contributed by atoms with Crippen molar-refractivity contribution >= 4 is 23.4 Å². The summed E-state index contributed by atoms with van der Waals surface area (Å²) in [6.45, 7) is 4.56. The maximum atomic E-state index is 12.9. The SMILES string of the molecule is C=CCSc1ccccc1NC(=O)CN(C)Cc1ccc(F)cc1. The Bertz CT molecular complexity index is 688. The van der Waals surface area contributed by atoms with Gasteiger partial charge < -0.3 is 5.32 Å². The van der Waals surface area contributed by atoms with Crippen molar-refractivity contribution < 1.29 is 9.18 Å². The van der Waals surface area contributed by atoms with E-state index >= 15 is 0 Å². The molecule has 0 atom stereocenters. The summed E-state index contributed by atoms with van der Waals surface area (Å²) in [5.41, 5.74) is 1.78. The minimum atomic E-state index is -0.257. The van der Waals surface area contributed by atoms with E-state index in [1.165, 1.54) is 12.1 Å². The number of rotatable bonds is 8. The second-order valence-corrected chi connectivity index (χ2v) is 6.50. The highest BCUT2D eigenvalue weighted by Crippen LogP contribution is 2.26. The molecule has 2 aromatic carbocycles. The second kappa shape index (κ2) is 9.25.